The normalized spacial score (nSPS) is 13.7. The van der Waals surface area contributed by atoms with Gasteiger partial charge in [0.15, 0.2) is 5.96 Å². The number of nitrogens with zero attached hydrogens (tertiary/aromatic N) is 3. The van der Waals surface area contributed by atoms with Crippen LogP contribution in [0.3, 0.4) is 0 Å². The number of rotatable bonds is 8. The number of hydrogen-bond acceptors (Lipinski definition) is 5. The molecule has 0 saturated carbocycles. The first-order chi connectivity index (χ1) is 10.7. The highest BCUT2D eigenvalue weighted by Gasteiger charge is 2.11. The molecule has 0 spiro atoms. The molecule has 130 valence electrons. The van der Waals surface area contributed by atoms with Crippen LogP contribution in [0.25, 0.3) is 0 Å². The van der Waals surface area contributed by atoms with Gasteiger partial charge in [-0.1, -0.05) is 26.0 Å². The van der Waals surface area contributed by atoms with Crippen molar-refractivity contribution in [2.45, 2.75) is 20.4 Å². The van der Waals surface area contributed by atoms with Crippen molar-refractivity contribution < 1.29 is 4.74 Å². The molecule has 0 amide bonds. The fourth-order valence-corrected chi connectivity index (χ4v) is 2.44. The van der Waals surface area contributed by atoms with E-state index < -0.39 is 0 Å². The number of hydrogen-bond donors (Lipinski definition) is 1. The second-order valence-corrected chi connectivity index (χ2v) is 5.50. The van der Waals surface area contributed by atoms with Gasteiger partial charge in [0.2, 0.25) is 0 Å². The van der Waals surface area contributed by atoms with Crippen LogP contribution in [-0.2, 0) is 6.54 Å². The molecule has 0 aromatic heterocycles. The Kier molecular flexibility index (Phi) is 9.31. The Morgan fingerprint density at radius 2 is 1.91 bits per heavy atom. The van der Waals surface area contributed by atoms with Crippen LogP contribution < -0.4 is 10.1 Å². The lowest BCUT2D eigenvalue weighted by Gasteiger charge is -2.18. The molecule has 1 aromatic carbocycles. The number of halogens is 1. The van der Waals surface area contributed by atoms with Crippen LogP contribution in [0, 0.1) is 0 Å². The van der Waals surface area contributed by atoms with E-state index in [1.165, 1.54) is 5.56 Å². The highest BCUT2D eigenvalue weighted by molar-refractivity contribution is 14.0. The molecule has 0 radical (unpaired) electrons. The van der Waals surface area contributed by atoms with Crippen LogP contribution in [0.4, 0.5) is 0 Å². The molecule has 0 fully saturated rings. The van der Waals surface area contributed by atoms with Crippen molar-refractivity contribution in [1.82, 2.24) is 15.1 Å². The Hall–Kier alpha value is -1.02. The van der Waals surface area contributed by atoms with Crippen LogP contribution in [-0.4, -0.2) is 62.1 Å². The lowest BCUT2D eigenvalue weighted by Crippen LogP contribution is -2.35. The van der Waals surface area contributed by atoms with Crippen molar-refractivity contribution in [1.29, 1.82) is 0 Å². The van der Waals surface area contributed by atoms with Crippen molar-refractivity contribution in [3.63, 3.8) is 0 Å². The van der Waals surface area contributed by atoms with E-state index in [0.29, 0.717) is 0 Å². The third-order valence-electron chi connectivity index (χ3n) is 4.00. The minimum absolute atomic E-state index is 0. The van der Waals surface area contributed by atoms with Gasteiger partial charge in [0.05, 0.1) is 6.54 Å². The zero-order valence-electron chi connectivity index (χ0n) is 14.4. The fourth-order valence-electron chi connectivity index (χ4n) is 2.44. The summed E-state index contributed by atoms with van der Waals surface area (Å²) in [6.07, 6.45) is 0. The van der Waals surface area contributed by atoms with Crippen molar-refractivity contribution in [3.05, 3.63) is 29.8 Å². The topological polar surface area (TPSA) is 40.1 Å². The second-order valence-electron chi connectivity index (χ2n) is 5.50. The third kappa shape index (κ3) is 6.55. The molecule has 1 N–H and O–H groups in total. The number of ether oxygens (including phenoxy) is 1. The minimum Gasteiger partial charge on any atom is -0.492 e. The SMILES string of the molecule is CCN(CC)CCOc1ccc(CNC2=NCCN2C)cc1.I. The van der Waals surface area contributed by atoms with E-state index >= 15 is 0 Å². The average Bonchev–Trinajstić information content (AvgIpc) is 2.96. The summed E-state index contributed by atoms with van der Waals surface area (Å²) in [5.74, 6) is 1.92. The van der Waals surface area contributed by atoms with Crippen LogP contribution in [0.5, 0.6) is 5.75 Å². The fraction of sp³-hybridized carbons (Fsp3) is 0.588. The van der Waals surface area contributed by atoms with Gasteiger partial charge in [-0.15, -0.1) is 24.0 Å². The first-order valence-electron chi connectivity index (χ1n) is 8.16. The van der Waals surface area contributed by atoms with E-state index in [1.807, 2.05) is 12.1 Å². The Morgan fingerprint density at radius 1 is 1.22 bits per heavy atom. The number of likely N-dealkylation sites (N-methyl/N-ethyl adjacent to an activating group) is 2. The average molecular weight is 432 g/mol. The molecule has 23 heavy (non-hydrogen) atoms. The highest BCUT2D eigenvalue weighted by atomic mass is 127. The Bertz CT molecular complexity index is 474. The molecule has 1 heterocycles. The Labute approximate surface area is 157 Å². The van der Waals surface area contributed by atoms with E-state index in [-0.39, 0.29) is 24.0 Å². The van der Waals surface area contributed by atoms with Gasteiger partial charge in [-0.2, -0.15) is 0 Å². The molecule has 2 rings (SSSR count). The summed E-state index contributed by atoms with van der Waals surface area (Å²) >= 11 is 0. The predicted octanol–water partition coefficient (Wildman–Crippen LogP) is 2.42. The predicted molar refractivity (Wildman–Crippen MR) is 107 cm³/mol. The van der Waals surface area contributed by atoms with Gasteiger partial charge in [0, 0.05) is 26.7 Å². The lowest BCUT2D eigenvalue weighted by molar-refractivity contribution is 0.223. The van der Waals surface area contributed by atoms with Crippen molar-refractivity contribution in [3.8, 4) is 5.75 Å². The summed E-state index contributed by atoms with van der Waals surface area (Å²) in [4.78, 5) is 8.93. The number of aliphatic imine (C=N–C) groups is 1. The maximum absolute atomic E-state index is 5.80. The Balaban J connectivity index is 0.00000264. The molecule has 1 aliphatic rings. The number of nitrogens with one attached hydrogen (secondary N) is 1. The maximum Gasteiger partial charge on any atom is 0.194 e. The van der Waals surface area contributed by atoms with E-state index in [0.717, 1.165) is 57.6 Å². The van der Waals surface area contributed by atoms with Gasteiger partial charge in [0.1, 0.15) is 12.4 Å². The first kappa shape index (κ1) is 20.0. The van der Waals surface area contributed by atoms with Gasteiger partial charge in [0.25, 0.3) is 0 Å². The van der Waals surface area contributed by atoms with E-state index in [9.17, 15) is 0 Å². The highest BCUT2D eigenvalue weighted by Crippen LogP contribution is 2.12. The largest absolute Gasteiger partial charge is 0.492 e. The molecule has 0 unspecified atom stereocenters. The smallest absolute Gasteiger partial charge is 0.194 e. The molecule has 0 bridgehead atoms. The standard InChI is InChI=1S/C17H28N4O.HI/c1-4-21(5-2)12-13-22-16-8-6-15(7-9-16)14-19-17-18-10-11-20(17)3;/h6-9H,4-5,10-14H2,1-3H3,(H,18,19);1H. The van der Waals surface area contributed by atoms with Crippen molar-refractivity contribution in [2.75, 3.05) is 46.4 Å². The van der Waals surface area contributed by atoms with Crippen LogP contribution in [0.2, 0.25) is 0 Å². The molecule has 5 nitrogen and oxygen atoms in total. The monoisotopic (exact) mass is 432 g/mol. The second kappa shape index (κ2) is 10.7. The van der Waals surface area contributed by atoms with E-state index in [4.69, 9.17) is 4.74 Å². The lowest BCUT2D eigenvalue weighted by atomic mass is 10.2. The molecule has 6 heteroatoms. The molecule has 0 atom stereocenters. The van der Waals surface area contributed by atoms with Gasteiger partial charge in [-0.05, 0) is 30.8 Å². The summed E-state index contributed by atoms with van der Waals surface area (Å²) in [7, 11) is 2.06. The van der Waals surface area contributed by atoms with Gasteiger partial charge >= 0.3 is 0 Å². The van der Waals surface area contributed by atoms with Gasteiger partial charge < -0.3 is 19.9 Å². The zero-order valence-corrected chi connectivity index (χ0v) is 16.7. The summed E-state index contributed by atoms with van der Waals surface area (Å²) in [6.45, 7) is 10.9. The maximum atomic E-state index is 5.80. The minimum atomic E-state index is 0. The third-order valence-corrected chi connectivity index (χ3v) is 4.00. The molecule has 1 aromatic rings. The number of benzene rings is 1. The molecule has 0 saturated heterocycles. The van der Waals surface area contributed by atoms with Crippen LogP contribution in [0.15, 0.2) is 29.3 Å². The summed E-state index contributed by atoms with van der Waals surface area (Å²) < 4.78 is 5.80. The van der Waals surface area contributed by atoms with Crippen LogP contribution in [0.1, 0.15) is 19.4 Å². The molecule has 1 aliphatic heterocycles. The molecular weight excluding hydrogens is 403 g/mol. The zero-order chi connectivity index (χ0) is 15.8. The van der Waals surface area contributed by atoms with E-state index in [1.54, 1.807) is 0 Å². The summed E-state index contributed by atoms with van der Waals surface area (Å²) in [6, 6.07) is 8.29. The number of guanidine groups is 1. The first-order valence-corrected chi connectivity index (χ1v) is 8.16. The molecule has 0 aliphatic carbocycles. The van der Waals surface area contributed by atoms with E-state index in [2.05, 4.69) is 53.1 Å². The van der Waals surface area contributed by atoms with Crippen molar-refractivity contribution >= 4 is 29.9 Å². The van der Waals surface area contributed by atoms with Crippen LogP contribution >= 0.6 is 24.0 Å². The summed E-state index contributed by atoms with van der Waals surface area (Å²) in [5, 5.41) is 3.37. The van der Waals surface area contributed by atoms with Gasteiger partial charge in [-0.25, -0.2) is 0 Å². The quantitative estimate of drug-likeness (QED) is 0.641. The Morgan fingerprint density at radius 3 is 2.48 bits per heavy atom. The summed E-state index contributed by atoms with van der Waals surface area (Å²) in [5.41, 5.74) is 1.24. The molecular formula is C17H29IN4O. The van der Waals surface area contributed by atoms with Crippen molar-refractivity contribution in [2.24, 2.45) is 4.99 Å². The van der Waals surface area contributed by atoms with Gasteiger partial charge in [-0.3, -0.25) is 4.99 Å².